The summed E-state index contributed by atoms with van der Waals surface area (Å²) in [7, 11) is 1.65. The zero-order chi connectivity index (χ0) is 24.6. The van der Waals surface area contributed by atoms with Crippen molar-refractivity contribution in [2.24, 2.45) is 0 Å². The summed E-state index contributed by atoms with van der Waals surface area (Å²) in [4.78, 5) is 14.8. The van der Waals surface area contributed by atoms with Gasteiger partial charge in [0.2, 0.25) is 5.95 Å². The van der Waals surface area contributed by atoms with Crippen molar-refractivity contribution in [3.05, 3.63) is 59.8 Å². The Labute approximate surface area is 213 Å². The molecule has 2 heterocycles. The van der Waals surface area contributed by atoms with Gasteiger partial charge in [0.15, 0.2) is 5.13 Å². The minimum absolute atomic E-state index is 0.0697. The van der Waals surface area contributed by atoms with Gasteiger partial charge in [0.05, 0.1) is 35.0 Å². The van der Waals surface area contributed by atoms with E-state index in [1.807, 2.05) is 43.3 Å². The maximum Gasteiger partial charge on any atom is 0.227 e. The first-order chi connectivity index (χ1) is 17.1. The number of nitrogens with zero attached hydrogens (tertiary/aromatic N) is 3. The standard InChI is InChI=1S/C25H26ClN5O3S/c1-3-27-25-31-22(16-6-4-7-18(14-16)33-2)23(35-25)20-10-11-28-24(30-20)29-17-8-9-21(19(26)15-17)34-13-5-12-32/h4,6-11,14-15,32H,3,5,12-13H2,1-2H3,(H,27,31)(H,28,29,30). The number of nitrogens with one attached hydrogen (secondary N) is 2. The lowest BCUT2D eigenvalue weighted by molar-refractivity contribution is 0.233. The summed E-state index contributed by atoms with van der Waals surface area (Å²) < 4.78 is 11.0. The van der Waals surface area contributed by atoms with Crippen LogP contribution in [0.3, 0.4) is 0 Å². The molecule has 0 unspecified atom stereocenters. The number of ether oxygens (including phenoxy) is 2. The van der Waals surface area contributed by atoms with Gasteiger partial charge in [-0.2, -0.15) is 0 Å². The Balaban J connectivity index is 1.62. The van der Waals surface area contributed by atoms with Gasteiger partial charge in [-0.15, -0.1) is 0 Å². The molecule has 0 aliphatic heterocycles. The lowest BCUT2D eigenvalue weighted by Crippen LogP contribution is -2.01. The van der Waals surface area contributed by atoms with Crippen LogP contribution >= 0.6 is 22.9 Å². The van der Waals surface area contributed by atoms with Crippen molar-refractivity contribution in [2.45, 2.75) is 13.3 Å². The van der Waals surface area contributed by atoms with E-state index in [1.165, 1.54) is 11.3 Å². The van der Waals surface area contributed by atoms with E-state index in [-0.39, 0.29) is 6.61 Å². The van der Waals surface area contributed by atoms with E-state index in [9.17, 15) is 0 Å². The normalized spacial score (nSPS) is 10.7. The fraction of sp³-hybridized carbons (Fsp3) is 0.240. The second-order valence-corrected chi connectivity index (χ2v) is 8.83. The Hall–Kier alpha value is -3.40. The number of rotatable bonds is 11. The maximum atomic E-state index is 8.91. The summed E-state index contributed by atoms with van der Waals surface area (Å²) in [5.74, 6) is 1.75. The molecule has 35 heavy (non-hydrogen) atoms. The Morgan fingerprint density at radius 2 is 2.00 bits per heavy atom. The second-order valence-electron chi connectivity index (χ2n) is 7.42. The van der Waals surface area contributed by atoms with E-state index >= 15 is 0 Å². The molecule has 3 N–H and O–H groups in total. The molecule has 0 aliphatic rings. The highest BCUT2D eigenvalue weighted by Gasteiger charge is 2.17. The molecule has 0 saturated heterocycles. The summed E-state index contributed by atoms with van der Waals surface area (Å²) >= 11 is 7.89. The van der Waals surface area contributed by atoms with Crippen molar-refractivity contribution in [1.29, 1.82) is 0 Å². The van der Waals surface area contributed by atoms with Gasteiger partial charge in [-0.1, -0.05) is 35.1 Å². The van der Waals surface area contributed by atoms with Crippen LogP contribution in [0.5, 0.6) is 11.5 Å². The van der Waals surface area contributed by atoms with Crippen molar-refractivity contribution in [3.63, 3.8) is 0 Å². The number of aromatic nitrogens is 3. The molecule has 8 nitrogen and oxygen atoms in total. The molecule has 0 radical (unpaired) electrons. The minimum Gasteiger partial charge on any atom is -0.497 e. The van der Waals surface area contributed by atoms with Gasteiger partial charge in [0.1, 0.15) is 11.5 Å². The van der Waals surface area contributed by atoms with Gasteiger partial charge < -0.3 is 25.2 Å². The first-order valence-electron chi connectivity index (χ1n) is 11.1. The SMILES string of the molecule is CCNc1nc(-c2cccc(OC)c2)c(-c2ccnc(Nc3ccc(OCCCO)c(Cl)c3)n2)s1. The highest BCUT2D eigenvalue weighted by Crippen LogP contribution is 2.39. The summed E-state index contributed by atoms with van der Waals surface area (Å²) in [6, 6.07) is 15.0. The highest BCUT2D eigenvalue weighted by molar-refractivity contribution is 7.19. The van der Waals surface area contributed by atoms with Crippen LogP contribution in [0, 0.1) is 0 Å². The third-order valence-corrected chi connectivity index (χ3v) is 6.27. The summed E-state index contributed by atoms with van der Waals surface area (Å²) in [5, 5.41) is 16.7. The van der Waals surface area contributed by atoms with E-state index in [2.05, 4.69) is 15.6 Å². The van der Waals surface area contributed by atoms with E-state index in [0.717, 1.165) is 44.9 Å². The Morgan fingerprint density at radius 1 is 1.11 bits per heavy atom. The number of aliphatic hydroxyl groups excluding tert-OH is 1. The fourth-order valence-corrected chi connectivity index (χ4v) is 4.56. The predicted octanol–water partition coefficient (Wildman–Crippen LogP) is 5.87. The number of anilines is 3. The molecule has 0 bridgehead atoms. The van der Waals surface area contributed by atoms with Crippen LogP contribution in [0.15, 0.2) is 54.7 Å². The first-order valence-corrected chi connectivity index (χ1v) is 12.3. The maximum absolute atomic E-state index is 8.91. The number of methoxy groups -OCH3 is 1. The number of thiazole rings is 1. The number of halogens is 1. The van der Waals surface area contributed by atoms with Crippen molar-refractivity contribution in [3.8, 4) is 33.3 Å². The third kappa shape index (κ3) is 6.19. The minimum atomic E-state index is 0.0697. The lowest BCUT2D eigenvalue weighted by Gasteiger charge is -2.10. The molecule has 10 heteroatoms. The smallest absolute Gasteiger partial charge is 0.227 e. The average Bonchev–Trinajstić information content (AvgIpc) is 3.30. The first kappa shape index (κ1) is 24.7. The van der Waals surface area contributed by atoms with E-state index in [4.69, 9.17) is 36.1 Å². The molecule has 4 rings (SSSR count). The molecule has 0 spiro atoms. The van der Waals surface area contributed by atoms with Gasteiger partial charge in [0.25, 0.3) is 0 Å². The van der Waals surface area contributed by atoms with E-state index in [1.54, 1.807) is 25.4 Å². The number of hydrogen-bond acceptors (Lipinski definition) is 9. The van der Waals surface area contributed by atoms with Crippen molar-refractivity contribution >= 4 is 39.7 Å². The molecule has 182 valence electrons. The zero-order valence-corrected chi connectivity index (χ0v) is 21.0. The fourth-order valence-electron chi connectivity index (χ4n) is 3.30. The average molecular weight is 512 g/mol. The third-order valence-electron chi connectivity index (χ3n) is 4.93. The van der Waals surface area contributed by atoms with Crippen LogP contribution in [0.1, 0.15) is 13.3 Å². The largest absolute Gasteiger partial charge is 0.497 e. The van der Waals surface area contributed by atoms with Gasteiger partial charge in [-0.05, 0) is 43.3 Å². The molecule has 0 atom stereocenters. The van der Waals surface area contributed by atoms with Crippen LogP contribution < -0.4 is 20.1 Å². The quantitative estimate of drug-likeness (QED) is 0.215. The Kier molecular flexibility index (Phi) is 8.36. The number of aliphatic hydroxyl groups is 1. The molecular formula is C25H26ClN5O3S. The van der Waals surface area contributed by atoms with Crippen LogP contribution in [-0.2, 0) is 0 Å². The number of benzene rings is 2. The molecule has 0 saturated carbocycles. The lowest BCUT2D eigenvalue weighted by atomic mass is 10.1. The van der Waals surface area contributed by atoms with Crippen LogP contribution in [0.25, 0.3) is 21.8 Å². The van der Waals surface area contributed by atoms with Crippen molar-refractivity contribution in [1.82, 2.24) is 15.0 Å². The highest BCUT2D eigenvalue weighted by atomic mass is 35.5. The van der Waals surface area contributed by atoms with Crippen LogP contribution in [-0.4, -0.2) is 46.9 Å². The topological polar surface area (TPSA) is 101 Å². The van der Waals surface area contributed by atoms with Gasteiger partial charge >= 0.3 is 0 Å². The molecule has 0 amide bonds. The monoisotopic (exact) mass is 511 g/mol. The van der Waals surface area contributed by atoms with Gasteiger partial charge in [-0.25, -0.2) is 15.0 Å². The molecule has 0 aliphatic carbocycles. The Morgan fingerprint density at radius 3 is 2.77 bits per heavy atom. The van der Waals surface area contributed by atoms with Crippen molar-refractivity contribution in [2.75, 3.05) is 37.5 Å². The van der Waals surface area contributed by atoms with E-state index < -0.39 is 0 Å². The summed E-state index contributed by atoms with van der Waals surface area (Å²) in [5.41, 5.74) is 3.24. The zero-order valence-electron chi connectivity index (χ0n) is 19.4. The van der Waals surface area contributed by atoms with Crippen LogP contribution in [0.4, 0.5) is 16.8 Å². The summed E-state index contributed by atoms with van der Waals surface area (Å²) in [6.07, 6.45) is 2.25. The van der Waals surface area contributed by atoms with Gasteiger partial charge in [-0.3, -0.25) is 0 Å². The van der Waals surface area contributed by atoms with E-state index in [0.29, 0.717) is 29.7 Å². The molecule has 2 aromatic carbocycles. The molecule has 2 aromatic heterocycles. The van der Waals surface area contributed by atoms with Gasteiger partial charge in [0, 0.05) is 37.0 Å². The van der Waals surface area contributed by atoms with Crippen molar-refractivity contribution < 1.29 is 14.6 Å². The molecule has 0 fully saturated rings. The number of hydrogen-bond donors (Lipinski definition) is 3. The molecular weight excluding hydrogens is 486 g/mol. The summed E-state index contributed by atoms with van der Waals surface area (Å²) in [6.45, 7) is 3.27. The van der Waals surface area contributed by atoms with Crippen LogP contribution in [0.2, 0.25) is 5.02 Å². The predicted molar refractivity (Wildman–Crippen MR) is 141 cm³/mol. The second kappa shape index (κ2) is 11.8. The Bertz CT molecular complexity index is 1280. The molecule has 4 aromatic rings.